The van der Waals surface area contributed by atoms with E-state index in [0.29, 0.717) is 0 Å². The van der Waals surface area contributed by atoms with Crippen molar-refractivity contribution in [3.8, 4) is 0 Å². The summed E-state index contributed by atoms with van der Waals surface area (Å²) in [6, 6.07) is -2.13. The summed E-state index contributed by atoms with van der Waals surface area (Å²) in [5, 5.41) is 6.70. The first-order chi connectivity index (χ1) is 8.75. The number of carbonyl (C=O) groups excluding carboxylic acids is 1. The third-order valence-corrected chi connectivity index (χ3v) is 3.11. The van der Waals surface area contributed by atoms with Gasteiger partial charge in [0.2, 0.25) is 0 Å². The number of hydrogen-bond acceptors (Lipinski definition) is 4. The molecule has 8 heteroatoms. The Labute approximate surface area is 107 Å². The third-order valence-electron chi connectivity index (χ3n) is 3.11. The van der Waals surface area contributed by atoms with Crippen molar-refractivity contribution in [2.24, 2.45) is 0 Å². The number of esters is 1. The number of anilines is 1. The zero-order valence-electron chi connectivity index (χ0n) is 10.7. The first-order valence-corrected chi connectivity index (χ1v) is 5.76. The van der Waals surface area contributed by atoms with Gasteiger partial charge in [0.25, 0.3) is 0 Å². The van der Waals surface area contributed by atoms with Gasteiger partial charge in [-0.1, -0.05) is 0 Å². The van der Waals surface area contributed by atoms with Crippen LogP contribution in [0.3, 0.4) is 0 Å². The maximum atomic E-state index is 13.0. The molecule has 106 valence electrons. The van der Waals surface area contributed by atoms with Crippen molar-refractivity contribution in [1.82, 2.24) is 9.78 Å². The minimum atomic E-state index is -4.41. The summed E-state index contributed by atoms with van der Waals surface area (Å²) in [6.07, 6.45) is -4.53. The quantitative estimate of drug-likeness (QED) is 0.800. The monoisotopic (exact) mass is 277 g/mol. The molecule has 0 spiro atoms. The highest BCUT2D eigenvalue weighted by atomic mass is 19.4. The van der Waals surface area contributed by atoms with Crippen LogP contribution >= 0.6 is 0 Å². The molecule has 0 aliphatic carbocycles. The van der Waals surface area contributed by atoms with E-state index in [1.165, 1.54) is 14.0 Å². The molecule has 0 saturated carbocycles. The minimum Gasteiger partial charge on any atom is -0.465 e. The van der Waals surface area contributed by atoms with Crippen LogP contribution in [-0.2, 0) is 4.74 Å². The second kappa shape index (κ2) is 4.43. The Morgan fingerprint density at radius 3 is 2.68 bits per heavy atom. The average Bonchev–Trinajstić information content (AvgIpc) is 2.62. The number of rotatable bonds is 1. The van der Waals surface area contributed by atoms with E-state index in [1.807, 2.05) is 0 Å². The zero-order valence-corrected chi connectivity index (χ0v) is 10.7. The van der Waals surface area contributed by atoms with Gasteiger partial charge < -0.3 is 10.1 Å². The molecule has 0 fully saturated rings. The largest absolute Gasteiger partial charge is 0.465 e. The van der Waals surface area contributed by atoms with Gasteiger partial charge in [0, 0.05) is 6.04 Å². The highest BCUT2D eigenvalue weighted by Crippen LogP contribution is 2.40. The van der Waals surface area contributed by atoms with Crippen LogP contribution in [0.1, 0.15) is 35.4 Å². The van der Waals surface area contributed by atoms with Crippen LogP contribution in [0.25, 0.3) is 0 Å². The molecule has 1 N–H and O–H groups in total. The van der Waals surface area contributed by atoms with E-state index in [2.05, 4.69) is 15.2 Å². The molecule has 0 bridgehead atoms. The Balaban J connectivity index is 2.56. The van der Waals surface area contributed by atoms with Crippen molar-refractivity contribution < 1.29 is 22.7 Å². The summed E-state index contributed by atoms with van der Waals surface area (Å²) in [5.41, 5.74) is 0.279. The topological polar surface area (TPSA) is 56.1 Å². The summed E-state index contributed by atoms with van der Waals surface area (Å²) in [7, 11) is 1.18. The number of aryl methyl sites for hydroxylation is 1. The number of ether oxygens (including phenoxy) is 1. The number of carbonyl (C=O) groups is 1. The molecule has 1 aromatic rings. The van der Waals surface area contributed by atoms with Gasteiger partial charge in [-0.2, -0.15) is 18.3 Å². The average molecular weight is 277 g/mol. The Morgan fingerprint density at radius 1 is 1.53 bits per heavy atom. The van der Waals surface area contributed by atoms with Crippen LogP contribution in [-0.4, -0.2) is 35.1 Å². The number of aromatic nitrogens is 2. The van der Waals surface area contributed by atoms with Crippen LogP contribution in [0.4, 0.5) is 19.0 Å². The molecular weight excluding hydrogens is 263 g/mol. The molecule has 2 rings (SSSR count). The summed E-state index contributed by atoms with van der Waals surface area (Å²) in [5.74, 6) is -0.619. The maximum Gasteiger partial charge on any atom is 0.410 e. The lowest BCUT2D eigenvalue weighted by molar-refractivity contribution is -0.173. The summed E-state index contributed by atoms with van der Waals surface area (Å²) in [4.78, 5) is 11.6. The highest BCUT2D eigenvalue weighted by molar-refractivity contribution is 5.96. The van der Waals surface area contributed by atoms with Gasteiger partial charge in [0.1, 0.15) is 11.4 Å². The highest BCUT2D eigenvalue weighted by Gasteiger charge is 2.46. The van der Waals surface area contributed by atoms with E-state index in [4.69, 9.17) is 0 Å². The molecule has 5 nitrogen and oxygen atoms in total. The molecule has 0 saturated heterocycles. The molecule has 1 aliphatic heterocycles. The second-order valence-electron chi connectivity index (χ2n) is 4.58. The van der Waals surface area contributed by atoms with E-state index in [0.717, 1.165) is 4.68 Å². The lowest BCUT2D eigenvalue weighted by atomic mass is 10.0. The fraction of sp³-hybridized carbons (Fsp3) is 0.636. The number of halogens is 3. The van der Waals surface area contributed by atoms with Gasteiger partial charge in [-0.05, 0) is 20.3 Å². The molecule has 1 aliphatic rings. The van der Waals surface area contributed by atoms with Crippen LogP contribution in [0.15, 0.2) is 0 Å². The van der Waals surface area contributed by atoms with E-state index in [-0.39, 0.29) is 23.5 Å². The van der Waals surface area contributed by atoms with Gasteiger partial charge >= 0.3 is 12.1 Å². The maximum absolute atomic E-state index is 13.0. The van der Waals surface area contributed by atoms with Crippen molar-refractivity contribution in [2.45, 2.75) is 38.5 Å². The minimum absolute atomic E-state index is 0.0586. The number of hydrogen-bond donors (Lipinski definition) is 1. The van der Waals surface area contributed by atoms with Crippen LogP contribution in [0.5, 0.6) is 0 Å². The number of nitrogens with one attached hydrogen (secondary N) is 1. The Bertz CT molecular complexity index is 510. The number of fused-ring (bicyclic) bond motifs is 1. The number of methoxy groups -OCH3 is 1. The molecular formula is C11H14F3N3O2. The van der Waals surface area contributed by atoms with Crippen molar-refractivity contribution in [3.05, 3.63) is 11.3 Å². The predicted molar refractivity (Wildman–Crippen MR) is 61.1 cm³/mol. The Morgan fingerprint density at radius 2 is 2.16 bits per heavy atom. The zero-order chi connectivity index (χ0) is 14.4. The van der Waals surface area contributed by atoms with Crippen molar-refractivity contribution in [3.63, 3.8) is 0 Å². The van der Waals surface area contributed by atoms with E-state index in [1.54, 1.807) is 6.92 Å². The molecule has 19 heavy (non-hydrogen) atoms. The van der Waals surface area contributed by atoms with E-state index in [9.17, 15) is 18.0 Å². The SMILES string of the molecule is COC(=O)c1c(C)nn2c1NC(C)CC2C(F)(F)F. The van der Waals surface area contributed by atoms with Gasteiger partial charge in [-0.15, -0.1) is 0 Å². The molecule has 2 unspecified atom stereocenters. The summed E-state index contributed by atoms with van der Waals surface area (Å²) in [6.45, 7) is 3.11. The van der Waals surface area contributed by atoms with Crippen LogP contribution < -0.4 is 5.32 Å². The fourth-order valence-electron chi connectivity index (χ4n) is 2.26. The summed E-state index contributed by atoms with van der Waals surface area (Å²) >= 11 is 0. The first-order valence-electron chi connectivity index (χ1n) is 5.76. The standard InChI is InChI=1S/C11H14F3N3O2/c1-5-4-7(11(12,13)14)17-9(15-5)8(6(2)16-17)10(18)19-3/h5,7,15H,4H2,1-3H3. The molecule has 2 atom stereocenters. The normalized spacial score (nSPS) is 22.6. The molecule has 0 radical (unpaired) electrons. The van der Waals surface area contributed by atoms with Gasteiger partial charge in [0.05, 0.1) is 12.8 Å². The van der Waals surface area contributed by atoms with Crippen molar-refractivity contribution in [2.75, 3.05) is 12.4 Å². The summed E-state index contributed by atoms with van der Waals surface area (Å²) < 4.78 is 44.5. The molecule has 1 aromatic heterocycles. The van der Waals surface area contributed by atoms with Gasteiger partial charge in [-0.25, -0.2) is 9.48 Å². The van der Waals surface area contributed by atoms with Crippen molar-refractivity contribution >= 4 is 11.8 Å². The third kappa shape index (κ3) is 2.26. The van der Waals surface area contributed by atoms with Gasteiger partial charge in [-0.3, -0.25) is 0 Å². The predicted octanol–water partition coefficient (Wildman–Crippen LogP) is 2.29. The lowest BCUT2D eigenvalue weighted by Gasteiger charge is -2.31. The van der Waals surface area contributed by atoms with Gasteiger partial charge in [0.15, 0.2) is 6.04 Å². The fourth-order valence-corrected chi connectivity index (χ4v) is 2.26. The number of alkyl halides is 3. The van der Waals surface area contributed by atoms with Crippen molar-refractivity contribution in [1.29, 1.82) is 0 Å². The Kier molecular flexibility index (Phi) is 3.19. The van der Waals surface area contributed by atoms with Crippen LogP contribution in [0, 0.1) is 6.92 Å². The smallest absolute Gasteiger partial charge is 0.410 e. The molecule has 2 heterocycles. The molecule has 0 aromatic carbocycles. The number of nitrogens with zero attached hydrogens (tertiary/aromatic N) is 2. The Hall–Kier alpha value is -1.73. The molecule has 0 amide bonds. The second-order valence-corrected chi connectivity index (χ2v) is 4.58. The first kappa shape index (κ1) is 13.7. The van der Waals surface area contributed by atoms with Crippen LogP contribution in [0.2, 0.25) is 0 Å². The van der Waals surface area contributed by atoms with E-state index < -0.39 is 24.2 Å². The van der Waals surface area contributed by atoms with E-state index >= 15 is 0 Å². The lowest BCUT2D eigenvalue weighted by Crippen LogP contribution is -2.38.